The number of amides is 1. The lowest BCUT2D eigenvalue weighted by Gasteiger charge is -2.51. The summed E-state index contributed by atoms with van der Waals surface area (Å²) in [6.45, 7) is 9.72. The Labute approximate surface area is 328 Å². The molecule has 2 aromatic carbocycles. The van der Waals surface area contributed by atoms with Gasteiger partial charge in [0.1, 0.15) is 5.75 Å². The van der Waals surface area contributed by atoms with Crippen LogP contribution in [0.4, 0.5) is 5.69 Å². The Hall–Kier alpha value is -2.41. The zero-order chi connectivity index (χ0) is 38.5. The van der Waals surface area contributed by atoms with Gasteiger partial charge >= 0.3 is 0 Å². The molecule has 6 rings (SSSR count). The summed E-state index contributed by atoms with van der Waals surface area (Å²) in [5, 5.41) is 12.8. The number of hydrogen-bond acceptors (Lipinski definition) is 9. The second-order valence-electron chi connectivity index (χ2n) is 16.7. The number of hydrogen-bond donors (Lipinski definition) is 2. The number of piperidine rings is 1. The fourth-order valence-electron chi connectivity index (χ4n) is 9.33. The van der Waals surface area contributed by atoms with E-state index in [0.717, 1.165) is 108 Å². The minimum atomic E-state index is -3.95. The van der Waals surface area contributed by atoms with Crippen LogP contribution in [0.1, 0.15) is 93.1 Å². The molecule has 2 fully saturated rings. The second kappa shape index (κ2) is 18.2. The van der Waals surface area contributed by atoms with Gasteiger partial charge in [-0.3, -0.25) is 4.79 Å². The summed E-state index contributed by atoms with van der Waals surface area (Å²) in [5.41, 5.74) is 2.69. The average molecular weight is 788 g/mol. The summed E-state index contributed by atoms with van der Waals surface area (Å²) < 4.78 is 41.4. The first-order valence-electron chi connectivity index (χ1n) is 20.4. The smallest absolute Gasteiger partial charge is 0.264 e. The molecule has 2 aromatic rings. The summed E-state index contributed by atoms with van der Waals surface area (Å²) in [6.07, 6.45) is 9.65. The molecular weight excluding hydrogens is 724 g/mol. The third kappa shape index (κ3) is 9.93. The number of aryl methyl sites for hydroxylation is 1. The summed E-state index contributed by atoms with van der Waals surface area (Å²) in [5.74, 6) is 0.262. The van der Waals surface area contributed by atoms with Gasteiger partial charge < -0.3 is 29.3 Å². The lowest BCUT2D eigenvalue weighted by atomic mass is 9.62. The third-order valence-corrected chi connectivity index (χ3v) is 15.3. The fourth-order valence-corrected chi connectivity index (χ4v) is 10.8. The number of anilines is 1. The van der Waals surface area contributed by atoms with Crippen molar-refractivity contribution >= 4 is 33.2 Å². The maximum Gasteiger partial charge on any atom is 0.264 e. The van der Waals surface area contributed by atoms with Crippen molar-refractivity contribution in [2.75, 3.05) is 71.5 Å². The number of nitrogens with one attached hydrogen (secondary N) is 1. The Morgan fingerprint density at radius 2 is 1.80 bits per heavy atom. The minimum absolute atomic E-state index is 0.121. The number of carbonyl (C=O) groups is 1. The Balaban J connectivity index is 1.29. The molecule has 5 atom stereocenters. The van der Waals surface area contributed by atoms with Crippen LogP contribution < -0.4 is 14.4 Å². The van der Waals surface area contributed by atoms with Gasteiger partial charge in [-0.2, -0.15) is 0 Å². The van der Waals surface area contributed by atoms with Crippen molar-refractivity contribution < 1.29 is 27.8 Å². The van der Waals surface area contributed by atoms with Crippen molar-refractivity contribution in [3.8, 4) is 5.75 Å². The highest BCUT2D eigenvalue weighted by Gasteiger charge is 2.48. The van der Waals surface area contributed by atoms with Gasteiger partial charge in [-0.15, -0.1) is 0 Å². The van der Waals surface area contributed by atoms with E-state index in [2.05, 4.69) is 38.6 Å². The van der Waals surface area contributed by atoms with E-state index in [1.165, 1.54) is 11.1 Å². The van der Waals surface area contributed by atoms with E-state index in [4.69, 9.17) is 21.1 Å². The Morgan fingerprint density at radius 1 is 1.00 bits per heavy atom. The molecule has 3 heterocycles. The van der Waals surface area contributed by atoms with Gasteiger partial charge in [0, 0.05) is 56.3 Å². The molecule has 2 N–H and O–H groups in total. The van der Waals surface area contributed by atoms with Crippen molar-refractivity contribution in [1.29, 1.82) is 0 Å². The first-order valence-corrected chi connectivity index (χ1v) is 22.3. The van der Waals surface area contributed by atoms with Gasteiger partial charge in [-0.25, -0.2) is 13.1 Å². The number of β-amino-alcohol motifs (C(OH)–C–C–N with tert-alkyl or cyclic N) is 1. The van der Waals surface area contributed by atoms with E-state index in [0.29, 0.717) is 43.3 Å². The van der Waals surface area contributed by atoms with Crippen LogP contribution in [0.2, 0.25) is 5.02 Å². The number of likely N-dealkylation sites (N-methyl/N-ethyl adjacent to an activating group) is 1. The summed E-state index contributed by atoms with van der Waals surface area (Å²) in [4.78, 5) is 20.8. The molecule has 0 aromatic heterocycles. The number of methoxy groups -OCH3 is 1. The number of nitrogens with zero attached hydrogens (tertiary/aromatic N) is 3. The summed E-state index contributed by atoms with van der Waals surface area (Å²) in [7, 11) is -0.0214. The molecule has 1 saturated heterocycles. The normalized spacial score (nSPS) is 29.1. The quantitative estimate of drug-likeness (QED) is 0.355. The molecule has 1 saturated carbocycles. The number of carbonyl (C=O) groups excluding carboxylic acids is 1. The van der Waals surface area contributed by atoms with Crippen molar-refractivity contribution in [3.63, 3.8) is 0 Å². The molecule has 1 amide bonds. The fraction of sp³-hybridized carbons (Fsp3) is 0.690. The Morgan fingerprint density at radius 3 is 2.54 bits per heavy atom. The van der Waals surface area contributed by atoms with Gasteiger partial charge in [0.15, 0.2) is 0 Å². The number of benzene rings is 2. The summed E-state index contributed by atoms with van der Waals surface area (Å²) >= 11 is 6.41. The third-order valence-electron chi connectivity index (χ3n) is 13.2. The van der Waals surface area contributed by atoms with Crippen LogP contribution >= 0.6 is 11.6 Å². The highest BCUT2D eigenvalue weighted by molar-refractivity contribution is 7.90. The zero-order valence-electron chi connectivity index (χ0n) is 32.9. The largest absolute Gasteiger partial charge is 0.491 e. The molecule has 10 nitrogen and oxygen atoms in total. The molecule has 3 aliphatic heterocycles. The first kappa shape index (κ1) is 41.2. The zero-order valence-corrected chi connectivity index (χ0v) is 34.5. The number of halogens is 1. The molecule has 1 aliphatic carbocycles. The maximum atomic E-state index is 13.6. The van der Waals surface area contributed by atoms with Crippen LogP contribution in [0, 0.1) is 17.8 Å². The molecule has 54 heavy (non-hydrogen) atoms. The molecule has 12 heteroatoms. The first-order chi connectivity index (χ1) is 25.9. The van der Waals surface area contributed by atoms with Crippen LogP contribution in [0.25, 0.3) is 0 Å². The highest BCUT2D eigenvalue weighted by Crippen LogP contribution is 2.46. The average Bonchev–Trinajstić information content (AvgIpc) is 3.12. The number of aliphatic hydroxyl groups is 1. The van der Waals surface area contributed by atoms with E-state index in [9.17, 15) is 18.3 Å². The molecule has 300 valence electrons. The maximum absolute atomic E-state index is 13.6. The highest BCUT2D eigenvalue weighted by atomic mass is 35.5. The van der Waals surface area contributed by atoms with Crippen LogP contribution in [0.3, 0.4) is 0 Å². The second-order valence-corrected chi connectivity index (χ2v) is 19.2. The van der Waals surface area contributed by atoms with E-state index in [1.807, 2.05) is 25.1 Å². The van der Waals surface area contributed by atoms with Crippen molar-refractivity contribution in [2.24, 2.45) is 17.8 Å². The molecular formula is C42H63ClN4O6S. The monoisotopic (exact) mass is 786 g/mol. The lowest BCUT2D eigenvalue weighted by molar-refractivity contribution is -0.109. The Kier molecular flexibility index (Phi) is 13.9. The van der Waals surface area contributed by atoms with Crippen molar-refractivity contribution in [2.45, 2.75) is 101 Å². The topological polar surface area (TPSA) is 112 Å². The predicted octanol–water partition coefficient (Wildman–Crippen LogP) is 6.17. The van der Waals surface area contributed by atoms with Crippen LogP contribution in [0.5, 0.6) is 5.75 Å². The van der Waals surface area contributed by atoms with E-state index in [-0.39, 0.29) is 17.8 Å². The van der Waals surface area contributed by atoms with E-state index < -0.39 is 26.8 Å². The number of fused-ring (bicyclic) bond motifs is 3. The van der Waals surface area contributed by atoms with Crippen LogP contribution in [-0.4, -0.2) is 113 Å². The van der Waals surface area contributed by atoms with Crippen molar-refractivity contribution in [1.82, 2.24) is 14.5 Å². The molecule has 4 aliphatic rings. The van der Waals surface area contributed by atoms with Crippen molar-refractivity contribution in [3.05, 3.63) is 58.1 Å². The molecule has 2 bridgehead atoms. The van der Waals surface area contributed by atoms with Gasteiger partial charge in [0.25, 0.3) is 5.91 Å². The van der Waals surface area contributed by atoms with E-state index >= 15 is 0 Å². The minimum Gasteiger partial charge on any atom is -0.491 e. The Bertz CT molecular complexity index is 1690. The molecule has 0 radical (unpaired) electrons. The van der Waals surface area contributed by atoms with Gasteiger partial charge in [0.05, 0.1) is 29.8 Å². The lowest BCUT2D eigenvalue weighted by Crippen LogP contribution is -2.57. The molecule has 0 spiro atoms. The number of sulfonamides is 1. The SMILES string of the molecule is COCCN(C)C1CCN(C[C@@]2(O)CCC[C@H](C)[C@@H](C)S(=O)(=O)NC(=O)c3ccc4c(c3)N(CCCCc3cc(Cl)ccc3CCO4)C[C@@H]3CC[C@H]32)CC1. The number of ether oxygens (including phenoxy) is 2. The van der Waals surface area contributed by atoms with E-state index in [1.54, 1.807) is 20.1 Å². The number of rotatable bonds is 6. The van der Waals surface area contributed by atoms with Crippen LogP contribution in [-0.2, 0) is 27.6 Å². The van der Waals surface area contributed by atoms with Gasteiger partial charge in [-0.05, 0) is 144 Å². The van der Waals surface area contributed by atoms with Gasteiger partial charge in [0.2, 0.25) is 10.0 Å². The predicted molar refractivity (Wildman–Crippen MR) is 216 cm³/mol. The van der Waals surface area contributed by atoms with Crippen LogP contribution in [0.15, 0.2) is 36.4 Å². The number of likely N-dealkylation sites (tertiary alicyclic amines) is 1. The standard InChI is InChI=1S/C42H63ClN4O6S/c1-30-8-7-19-42(49,29-46-21-16-37(17-22-46)45(3)23-25-52-4)38-14-11-35(38)28-47-20-6-5-9-33-26-36(43)13-10-32(33)18-24-53-40-15-12-34(27-39(40)47)41(48)44-54(50,51)31(30)2/h10,12-13,15,26-27,30-31,35,37-38,49H,5-9,11,14,16-25,28-29H2,1-4H3,(H,44,48)/t30-,31+,35-,38+,42-/m0/s1. The van der Waals surface area contributed by atoms with Gasteiger partial charge in [-0.1, -0.05) is 31.0 Å². The molecule has 0 unspecified atom stereocenters. The summed E-state index contributed by atoms with van der Waals surface area (Å²) in [6, 6.07) is 11.9.